The molecule has 1 fully saturated rings. The number of aliphatic hydroxyl groups excluding tert-OH is 1. The fourth-order valence-corrected chi connectivity index (χ4v) is 1.11. The van der Waals surface area contributed by atoms with Gasteiger partial charge in [0.15, 0.2) is 0 Å². The van der Waals surface area contributed by atoms with E-state index in [1.54, 1.807) is 0 Å². The summed E-state index contributed by atoms with van der Waals surface area (Å²) in [6.45, 7) is -0.686. The van der Waals surface area contributed by atoms with E-state index in [0.29, 0.717) is 12.8 Å². The third-order valence-corrected chi connectivity index (χ3v) is 1.73. The van der Waals surface area contributed by atoms with Crippen molar-refractivity contribution in [1.29, 1.82) is 0 Å². The van der Waals surface area contributed by atoms with Crippen molar-refractivity contribution in [3.05, 3.63) is 0 Å². The van der Waals surface area contributed by atoms with E-state index in [4.69, 9.17) is 9.84 Å². The second-order valence-corrected chi connectivity index (χ2v) is 2.81. The lowest BCUT2D eigenvalue weighted by molar-refractivity contribution is -0.188. The molecular weight excluding hydrogens is 176 g/mol. The first kappa shape index (κ1) is 9.98. The average molecular weight is 188 g/mol. The third kappa shape index (κ3) is 3.42. The molecule has 0 bridgehead atoms. The highest BCUT2D eigenvalue weighted by Gasteiger charge is 2.21. The minimum Gasteiger partial charge on any atom is -0.425 e. The maximum absolute atomic E-state index is 10.9. The van der Waals surface area contributed by atoms with Gasteiger partial charge in [0, 0.05) is 12.8 Å². The van der Waals surface area contributed by atoms with Gasteiger partial charge in [-0.3, -0.25) is 4.79 Å². The lowest BCUT2D eigenvalue weighted by Crippen LogP contribution is -2.24. The molecule has 0 aromatic carbocycles. The van der Waals surface area contributed by atoms with Crippen LogP contribution >= 0.6 is 0 Å². The van der Waals surface area contributed by atoms with E-state index in [1.165, 1.54) is 0 Å². The summed E-state index contributed by atoms with van der Waals surface area (Å²) in [4.78, 5) is 21.5. The molecule has 74 valence electrons. The highest BCUT2D eigenvalue weighted by atomic mass is 16.7. The van der Waals surface area contributed by atoms with Crippen LogP contribution in [0.2, 0.25) is 0 Å². The van der Waals surface area contributed by atoms with Gasteiger partial charge in [-0.05, 0) is 12.8 Å². The molecule has 0 aromatic heterocycles. The molecule has 0 unspecified atom stereocenters. The first-order valence-electron chi connectivity index (χ1n) is 4.22. The quantitative estimate of drug-likeness (QED) is 0.616. The molecule has 1 atom stereocenters. The summed E-state index contributed by atoms with van der Waals surface area (Å²) in [5, 5.41) is 8.39. The third-order valence-electron chi connectivity index (χ3n) is 1.73. The van der Waals surface area contributed by atoms with Gasteiger partial charge in [0.25, 0.3) is 0 Å². The predicted octanol–water partition coefficient (Wildman–Crippen LogP) is -0.0348. The summed E-state index contributed by atoms with van der Waals surface area (Å²) in [5.41, 5.74) is 0. The zero-order valence-corrected chi connectivity index (χ0v) is 7.19. The van der Waals surface area contributed by atoms with Crippen molar-refractivity contribution < 1.29 is 24.2 Å². The Hall–Kier alpha value is -1.10. The molecular formula is C8H12O5. The molecule has 5 nitrogen and oxygen atoms in total. The Morgan fingerprint density at radius 3 is 3.08 bits per heavy atom. The van der Waals surface area contributed by atoms with Gasteiger partial charge in [-0.15, -0.1) is 0 Å². The molecule has 0 spiro atoms. The molecule has 0 aliphatic carbocycles. The van der Waals surface area contributed by atoms with Crippen molar-refractivity contribution in [1.82, 2.24) is 0 Å². The van der Waals surface area contributed by atoms with Gasteiger partial charge in [0.1, 0.15) is 6.61 Å². The van der Waals surface area contributed by atoms with Crippen LogP contribution in [-0.4, -0.2) is 29.9 Å². The van der Waals surface area contributed by atoms with Gasteiger partial charge >= 0.3 is 11.9 Å². The summed E-state index contributed by atoms with van der Waals surface area (Å²) in [7, 11) is 0. The predicted molar refractivity (Wildman–Crippen MR) is 41.5 cm³/mol. The van der Waals surface area contributed by atoms with Crippen LogP contribution in [0.3, 0.4) is 0 Å². The number of carbonyl (C=O) groups excluding carboxylic acids is 2. The van der Waals surface area contributed by atoms with Gasteiger partial charge in [-0.2, -0.15) is 0 Å². The Labute approximate surface area is 75.6 Å². The van der Waals surface area contributed by atoms with Crippen molar-refractivity contribution in [2.45, 2.75) is 32.0 Å². The maximum atomic E-state index is 10.9. The van der Waals surface area contributed by atoms with Crippen LogP contribution < -0.4 is 0 Å². The first-order valence-corrected chi connectivity index (χ1v) is 4.22. The summed E-state index contributed by atoms with van der Waals surface area (Å²) >= 11 is 0. The molecule has 13 heavy (non-hydrogen) atoms. The van der Waals surface area contributed by atoms with Gasteiger partial charge in [0.2, 0.25) is 6.29 Å². The largest absolute Gasteiger partial charge is 0.425 e. The van der Waals surface area contributed by atoms with Crippen LogP contribution in [0.5, 0.6) is 0 Å². The van der Waals surface area contributed by atoms with Crippen molar-refractivity contribution in [3.63, 3.8) is 0 Å². The van der Waals surface area contributed by atoms with Crippen LogP contribution in [-0.2, 0) is 19.1 Å². The molecule has 1 rings (SSSR count). The van der Waals surface area contributed by atoms with Gasteiger partial charge < -0.3 is 14.6 Å². The first-order chi connectivity index (χ1) is 6.22. The Morgan fingerprint density at radius 2 is 2.38 bits per heavy atom. The fraction of sp³-hybridized carbons (Fsp3) is 0.750. The van der Waals surface area contributed by atoms with E-state index in [-0.39, 0.29) is 5.97 Å². The van der Waals surface area contributed by atoms with Crippen LogP contribution in [0.1, 0.15) is 25.7 Å². The zero-order chi connectivity index (χ0) is 9.68. The smallest absolute Gasteiger partial charge is 0.334 e. The normalized spacial score (nSPS) is 23.2. The molecule has 1 heterocycles. The Balaban J connectivity index is 2.39. The van der Waals surface area contributed by atoms with Crippen LogP contribution in [0, 0.1) is 0 Å². The topological polar surface area (TPSA) is 72.8 Å². The van der Waals surface area contributed by atoms with Crippen LogP contribution in [0.4, 0.5) is 0 Å². The number of esters is 2. The van der Waals surface area contributed by atoms with E-state index in [2.05, 4.69) is 4.74 Å². The molecule has 5 heteroatoms. The molecule has 0 radical (unpaired) electrons. The van der Waals surface area contributed by atoms with Crippen molar-refractivity contribution in [3.8, 4) is 0 Å². The zero-order valence-electron chi connectivity index (χ0n) is 7.19. The van der Waals surface area contributed by atoms with Crippen molar-refractivity contribution in [2.24, 2.45) is 0 Å². The standard InChI is InChI=1S/C8H12O5/c9-5-7(11)13-8-4-2-1-3-6(10)12-8/h8-9H,1-5H2/t8-/m0/s1. The summed E-state index contributed by atoms with van der Waals surface area (Å²) in [6, 6.07) is 0. The Bertz CT molecular complexity index is 201. The van der Waals surface area contributed by atoms with Gasteiger partial charge in [-0.25, -0.2) is 4.79 Å². The molecule has 1 aliphatic rings. The molecule has 0 aromatic rings. The summed E-state index contributed by atoms with van der Waals surface area (Å²) < 4.78 is 9.45. The van der Waals surface area contributed by atoms with E-state index >= 15 is 0 Å². The van der Waals surface area contributed by atoms with Crippen LogP contribution in [0.25, 0.3) is 0 Å². The second kappa shape index (κ2) is 4.81. The van der Waals surface area contributed by atoms with E-state index in [1.807, 2.05) is 0 Å². The monoisotopic (exact) mass is 188 g/mol. The number of rotatable bonds is 2. The number of ether oxygens (including phenoxy) is 2. The minimum absolute atomic E-state index is 0.353. The number of hydrogen-bond donors (Lipinski definition) is 1. The molecule has 0 saturated carbocycles. The van der Waals surface area contributed by atoms with E-state index in [9.17, 15) is 9.59 Å². The number of hydrogen-bond acceptors (Lipinski definition) is 5. The maximum Gasteiger partial charge on any atom is 0.334 e. The van der Waals surface area contributed by atoms with E-state index < -0.39 is 18.9 Å². The minimum atomic E-state index is -0.811. The fourth-order valence-electron chi connectivity index (χ4n) is 1.11. The summed E-state index contributed by atoms with van der Waals surface area (Å²) in [5.74, 6) is -1.12. The average Bonchev–Trinajstić information content (AvgIpc) is 2.30. The van der Waals surface area contributed by atoms with Crippen LogP contribution in [0.15, 0.2) is 0 Å². The lowest BCUT2D eigenvalue weighted by Gasteiger charge is -2.14. The molecule has 1 aliphatic heterocycles. The molecule has 0 amide bonds. The highest BCUT2D eigenvalue weighted by molar-refractivity contribution is 5.72. The van der Waals surface area contributed by atoms with Gasteiger partial charge in [-0.1, -0.05) is 0 Å². The molecule has 1 saturated heterocycles. The van der Waals surface area contributed by atoms with Crippen molar-refractivity contribution in [2.75, 3.05) is 6.61 Å². The highest BCUT2D eigenvalue weighted by Crippen LogP contribution is 2.14. The number of aliphatic hydroxyl groups is 1. The second-order valence-electron chi connectivity index (χ2n) is 2.81. The summed E-state index contributed by atoms with van der Waals surface area (Å²) in [6.07, 6.45) is 1.61. The Kier molecular flexibility index (Phi) is 3.70. The lowest BCUT2D eigenvalue weighted by atomic mass is 10.2. The number of carbonyl (C=O) groups is 2. The number of cyclic esters (lactones) is 1. The Morgan fingerprint density at radius 1 is 1.62 bits per heavy atom. The molecule has 1 N–H and O–H groups in total. The van der Waals surface area contributed by atoms with Crippen molar-refractivity contribution >= 4 is 11.9 Å². The van der Waals surface area contributed by atoms with E-state index in [0.717, 1.165) is 12.8 Å². The SMILES string of the molecule is O=C(CO)O[C@H]1CCCCC(=O)O1. The van der Waals surface area contributed by atoms with Gasteiger partial charge in [0.05, 0.1) is 0 Å².